The Balaban J connectivity index is 0.000000146. The van der Waals surface area contributed by atoms with Gasteiger partial charge in [-0.1, -0.05) is 48.6 Å². The summed E-state index contributed by atoms with van der Waals surface area (Å²) in [5.41, 5.74) is 0. The number of allylic oxidation sites excluding steroid dienone is 4. The summed E-state index contributed by atoms with van der Waals surface area (Å²) in [5.74, 6) is -0.875. The monoisotopic (exact) mass is 186 g/mol. The lowest BCUT2D eigenvalue weighted by Gasteiger charge is -1.88. The first-order chi connectivity index (χ1) is 6.80. The van der Waals surface area contributed by atoms with E-state index in [9.17, 15) is 9.59 Å². The molecule has 0 unspecified atom stereocenters. The standard InChI is InChI=1S/C6H4O2.C6H6/c7-5-3-1-2-4-6(5)8;1-2-4-6-5-3-1/h1-4H;1-6H. The molecule has 1 aliphatic carbocycles. The molecule has 0 aliphatic heterocycles. The summed E-state index contributed by atoms with van der Waals surface area (Å²) < 4.78 is 0. The van der Waals surface area contributed by atoms with Crippen LogP contribution in [0.15, 0.2) is 60.7 Å². The molecule has 0 bridgehead atoms. The first kappa shape index (κ1) is 10.1. The van der Waals surface area contributed by atoms with Gasteiger partial charge in [-0.2, -0.15) is 0 Å². The Morgan fingerprint density at radius 1 is 0.571 bits per heavy atom. The van der Waals surface area contributed by atoms with Crippen LogP contribution in [-0.2, 0) is 9.59 Å². The van der Waals surface area contributed by atoms with Gasteiger partial charge in [-0.15, -0.1) is 0 Å². The van der Waals surface area contributed by atoms with Crippen LogP contribution in [0.1, 0.15) is 0 Å². The predicted molar refractivity (Wildman–Crippen MR) is 54.7 cm³/mol. The second-order valence-corrected chi connectivity index (χ2v) is 2.60. The molecule has 0 radical (unpaired) electrons. The third kappa shape index (κ3) is 3.63. The van der Waals surface area contributed by atoms with Crippen LogP contribution >= 0.6 is 0 Å². The Bertz CT molecular complexity index is 312. The normalized spacial score (nSPS) is 13.4. The summed E-state index contributed by atoms with van der Waals surface area (Å²) in [4.78, 5) is 20.6. The molecule has 70 valence electrons. The fraction of sp³-hybridized carbons (Fsp3) is 0. The molecule has 1 aromatic carbocycles. The largest absolute Gasteiger partial charge is 0.286 e. The van der Waals surface area contributed by atoms with Gasteiger partial charge in [0.1, 0.15) is 0 Å². The van der Waals surface area contributed by atoms with Crippen molar-refractivity contribution >= 4 is 11.6 Å². The van der Waals surface area contributed by atoms with E-state index >= 15 is 0 Å². The molecule has 0 heterocycles. The second kappa shape index (κ2) is 5.65. The highest BCUT2D eigenvalue weighted by atomic mass is 16.2. The molecule has 0 saturated heterocycles. The van der Waals surface area contributed by atoms with Crippen molar-refractivity contribution in [3.8, 4) is 0 Å². The number of hydrogen-bond acceptors (Lipinski definition) is 2. The van der Waals surface area contributed by atoms with Crippen LogP contribution in [0.2, 0.25) is 0 Å². The number of hydrogen-bond donors (Lipinski definition) is 0. The first-order valence-corrected chi connectivity index (χ1v) is 4.24. The molecule has 1 aromatic rings. The molecule has 0 N–H and O–H groups in total. The van der Waals surface area contributed by atoms with Gasteiger partial charge in [0.25, 0.3) is 0 Å². The highest BCUT2D eigenvalue weighted by Crippen LogP contribution is 1.90. The maximum atomic E-state index is 10.3. The van der Waals surface area contributed by atoms with E-state index in [1.807, 2.05) is 36.4 Å². The Morgan fingerprint density at radius 2 is 0.857 bits per heavy atom. The van der Waals surface area contributed by atoms with Gasteiger partial charge in [-0.3, -0.25) is 9.59 Å². The molecular formula is C12H10O2. The number of ketones is 2. The van der Waals surface area contributed by atoms with Gasteiger partial charge < -0.3 is 0 Å². The summed E-state index contributed by atoms with van der Waals surface area (Å²) >= 11 is 0. The molecule has 0 amide bonds. The summed E-state index contributed by atoms with van der Waals surface area (Å²) in [6.07, 6.45) is 5.60. The number of carbonyl (C=O) groups is 2. The number of carbonyl (C=O) groups excluding carboxylic acids is 2. The zero-order chi connectivity index (χ0) is 10.2. The Labute approximate surface area is 82.6 Å². The van der Waals surface area contributed by atoms with Gasteiger partial charge in [0, 0.05) is 0 Å². The van der Waals surface area contributed by atoms with Crippen molar-refractivity contribution in [1.82, 2.24) is 0 Å². The minimum absolute atomic E-state index is 0.437. The summed E-state index contributed by atoms with van der Waals surface area (Å²) in [5, 5.41) is 0. The van der Waals surface area contributed by atoms with E-state index in [4.69, 9.17) is 0 Å². The van der Waals surface area contributed by atoms with Crippen LogP contribution in [0.3, 0.4) is 0 Å². The van der Waals surface area contributed by atoms with Crippen molar-refractivity contribution in [2.75, 3.05) is 0 Å². The molecule has 0 spiro atoms. The van der Waals surface area contributed by atoms with E-state index in [1.54, 1.807) is 12.2 Å². The lowest BCUT2D eigenvalue weighted by Crippen LogP contribution is -2.08. The lowest BCUT2D eigenvalue weighted by molar-refractivity contribution is -0.131. The summed E-state index contributed by atoms with van der Waals surface area (Å²) in [7, 11) is 0. The van der Waals surface area contributed by atoms with Gasteiger partial charge in [0.15, 0.2) is 0 Å². The Hall–Kier alpha value is -1.96. The molecule has 0 aromatic heterocycles. The zero-order valence-electron chi connectivity index (χ0n) is 7.59. The van der Waals surface area contributed by atoms with Gasteiger partial charge in [0.2, 0.25) is 11.6 Å². The smallest absolute Gasteiger partial charge is 0.225 e. The second-order valence-electron chi connectivity index (χ2n) is 2.60. The lowest BCUT2D eigenvalue weighted by atomic mass is 10.1. The quantitative estimate of drug-likeness (QED) is 0.458. The molecule has 0 fully saturated rings. The van der Waals surface area contributed by atoms with E-state index in [0.717, 1.165) is 0 Å². The van der Waals surface area contributed by atoms with E-state index in [1.165, 1.54) is 12.2 Å². The zero-order valence-corrected chi connectivity index (χ0v) is 7.59. The van der Waals surface area contributed by atoms with Crippen molar-refractivity contribution in [1.29, 1.82) is 0 Å². The molecule has 0 atom stereocenters. The minimum atomic E-state index is -0.437. The van der Waals surface area contributed by atoms with Crippen LogP contribution < -0.4 is 0 Å². The average molecular weight is 186 g/mol. The summed E-state index contributed by atoms with van der Waals surface area (Å²) in [6.45, 7) is 0. The van der Waals surface area contributed by atoms with Crippen LogP contribution in [0.4, 0.5) is 0 Å². The predicted octanol–water partition coefficient (Wildman–Crippen LogP) is 1.94. The van der Waals surface area contributed by atoms with Gasteiger partial charge in [0.05, 0.1) is 0 Å². The van der Waals surface area contributed by atoms with Gasteiger partial charge >= 0.3 is 0 Å². The van der Waals surface area contributed by atoms with Gasteiger partial charge in [-0.25, -0.2) is 0 Å². The fourth-order valence-electron chi connectivity index (χ4n) is 0.835. The van der Waals surface area contributed by atoms with Gasteiger partial charge in [-0.05, 0) is 12.2 Å². The number of benzene rings is 1. The third-order valence-corrected chi connectivity index (χ3v) is 1.52. The van der Waals surface area contributed by atoms with E-state index < -0.39 is 11.6 Å². The SMILES string of the molecule is O=C1C=CC=CC1=O.c1ccccc1. The van der Waals surface area contributed by atoms with E-state index in [0.29, 0.717) is 0 Å². The third-order valence-electron chi connectivity index (χ3n) is 1.52. The molecule has 2 rings (SSSR count). The molecule has 2 heteroatoms. The Morgan fingerprint density at radius 3 is 1.07 bits per heavy atom. The van der Waals surface area contributed by atoms with Crippen molar-refractivity contribution in [2.24, 2.45) is 0 Å². The van der Waals surface area contributed by atoms with Crippen LogP contribution in [0.25, 0.3) is 0 Å². The van der Waals surface area contributed by atoms with E-state index in [2.05, 4.69) is 0 Å². The summed E-state index contributed by atoms with van der Waals surface area (Å²) in [6, 6.07) is 12.0. The highest BCUT2D eigenvalue weighted by Gasteiger charge is 2.06. The maximum absolute atomic E-state index is 10.3. The van der Waals surface area contributed by atoms with Crippen molar-refractivity contribution in [3.63, 3.8) is 0 Å². The molecule has 14 heavy (non-hydrogen) atoms. The average Bonchev–Trinajstić information content (AvgIpc) is 2.26. The minimum Gasteiger partial charge on any atom is -0.286 e. The topological polar surface area (TPSA) is 34.1 Å². The van der Waals surface area contributed by atoms with Crippen LogP contribution in [-0.4, -0.2) is 11.6 Å². The maximum Gasteiger partial charge on any atom is 0.225 e. The van der Waals surface area contributed by atoms with Crippen molar-refractivity contribution < 1.29 is 9.59 Å². The molecular weight excluding hydrogens is 176 g/mol. The van der Waals surface area contributed by atoms with Crippen molar-refractivity contribution in [2.45, 2.75) is 0 Å². The molecule has 2 nitrogen and oxygen atoms in total. The Kier molecular flexibility index (Phi) is 4.08. The van der Waals surface area contributed by atoms with Crippen LogP contribution in [0.5, 0.6) is 0 Å². The fourth-order valence-corrected chi connectivity index (χ4v) is 0.835. The highest BCUT2D eigenvalue weighted by molar-refractivity contribution is 6.46. The first-order valence-electron chi connectivity index (χ1n) is 4.24. The number of rotatable bonds is 0. The van der Waals surface area contributed by atoms with E-state index in [-0.39, 0.29) is 0 Å². The van der Waals surface area contributed by atoms with Crippen LogP contribution in [0, 0.1) is 0 Å². The van der Waals surface area contributed by atoms with Crippen molar-refractivity contribution in [3.05, 3.63) is 60.7 Å². The molecule has 0 saturated carbocycles. The molecule has 1 aliphatic rings.